The number of aldehydes is 1. The average Bonchev–Trinajstić information content (AvgIpc) is 2.16. The van der Waals surface area contributed by atoms with Crippen molar-refractivity contribution in [2.45, 2.75) is 0 Å². The number of carbonyl (C=O) groups excluding carboxylic acids is 1. The average molecular weight is 226 g/mol. The van der Waals surface area contributed by atoms with E-state index < -0.39 is 0 Å². The lowest BCUT2D eigenvalue weighted by molar-refractivity contribution is 0.112. The summed E-state index contributed by atoms with van der Waals surface area (Å²) in [7, 11) is 0. The Morgan fingerprint density at radius 3 is 2.71 bits per heavy atom. The molecule has 0 radical (unpaired) electrons. The van der Waals surface area contributed by atoms with E-state index in [-0.39, 0.29) is 0 Å². The summed E-state index contributed by atoms with van der Waals surface area (Å²) >= 11 is 11.7. The minimum Gasteiger partial charge on any atom is -0.298 e. The third-order valence-corrected chi connectivity index (χ3v) is 2.36. The van der Waals surface area contributed by atoms with Crippen LogP contribution in [0, 0.1) is 0 Å². The smallest absolute Gasteiger partial charge is 0.151 e. The van der Waals surface area contributed by atoms with Crippen LogP contribution in [0.2, 0.25) is 10.0 Å². The van der Waals surface area contributed by atoms with Crippen LogP contribution >= 0.6 is 23.2 Å². The molecule has 14 heavy (non-hydrogen) atoms. The molecule has 1 aromatic carbocycles. The van der Waals surface area contributed by atoms with Crippen LogP contribution in [0.4, 0.5) is 0 Å². The molecular weight excluding hydrogens is 221 g/mol. The fourth-order valence-electron chi connectivity index (χ4n) is 1.25. The van der Waals surface area contributed by atoms with E-state index in [0.29, 0.717) is 21.1 Å². The Labute approximate surface area is 90.5 Å². The molecule has 0 aliphatic heterocycles. The molecule has 0 saturated heterocycles. The van der Waals surface area contributed by atoms with Crippen molar-refractivity contribution < 1.29 is 4.79 Å². The number of fused-ring (bicyclic) bond motifs is 1. The Balaban J connectivity index is 2.81. The predicted molar refractivity (Wildman–Crippen MR) is 57.2 cm³/mol. The molecule has 0 aliphatic carbocycles. The first kappa shape index (κ1) is 9.44. The van der Waals surface area contributed by atoms with Gasteiger partial charge in [-0.2, -0.15) is 0 Å². The highest BCUT2D eigenvalue weighted by Crippen LogP contribution is 2.26. The summed E-state index contributed by atoms with van der Waals surface area (Å²) in [5, 5.41) is 1.80. The first-order valence-corrected chi connectivity index (χ1v) is 4.66. The number of rotatable bonds is 1. The van der Waals surface area contributed by atoms with Gasteiger partial charge in [0.25, 0.3) is 0 Å². The second-order valence-electron chi connectivity index (χ2n) is 2.85. The molecule has 0 saturated carbocycles. The van der Waals surface area contributed by atoms with Crippen molar-refractivity contribution in [3.05, 3.63) is 40.0 Å². The largest absolute Gasteiger partial charge is 0.298 e. The van der Waals surface area contributed by atoms with Gasteiger partial charge in [-0.05, 0) is 18.2 Å². The van der Waals surface area contributed by atoms with Gasteiger partial charge in [0.2, 0.25) is 0 Å². The number of benzene rings is 1. The Kier molecular flexibility index (Phi) is 2.40. The molecule has 0 amide bonds. The van der Waals surface area contributed by atoms with Crippen LogP contribution in [-0.4, -0.2) is 11.3 Å². The molecule has 1 heterocycles. The molecule has 0 fully saturated rings. The van der Waals surface area contributed by atoms with E-state index in [0.717, 1.165) is 11.7 Å². The van der Waals surface area contributed by atoms with Gasteiger partial charge >= 0.3 is 0 Å². The highest BCUT2D eigenvalue weighted by atomic mass is 35.5. The van der Waals surface area contributed by atoms with Gasteiger partial charge in [-0.3, -0.25) is 9.78 Å². The molecule has 0 atom stereocenters. The third-order valence-electron chi connectivity index (χ3n) is 1.86. The Morgan fingerprint density at radius 2 is 2.00 bits per heavy atom. The Morgan fingerprint density at radius 1 is 1.21 bits per heavy atom. The van der Waals surface area contributed by atoms with Gasteiger partial charge < -0.3 is 0 Å². The predicted octanol–water partition coefficient (Wildman–Crippen LogP) is 3.35. The molecule has 0 N–H and O–H groups in total. The van der Waals surface area contributed by atoms with Crippen LogP contribution in [0.25, 0.3) is 10.9 Å². The van der Waals surface area contributed by atoms with E-state index in [2.05, 4.69) is 4.98 Å². The number of hydrogen-bond donors (Lipinski definition) is 0. The maximum Gasteiger partial charge on any atom is 0.151 e. The van der Waals surface area contributed by atoms with Gasteiger partial charge in [-0.15, -0.1) is 0 Å². The highest BCUT2D eigenvalue weighted by Gasteiger charge is 2.03. The van der Waals surface area contributed by atoms with Crippen LogP contribution in [0.3, 0.4) is 0 Å². The summed E-state index contributed by atoms with van der Waals surface area (Å²) in [6, 6.07) is 5.05. The number of nitrogens with zero attached hydrogens (tertiary/aromatic N) is 1. The zero-order valence-corrected chi connectivity index (χ0v) is 8.51. The van der Waals surface area contributed by atoms with Crippen molar-refractivity contribution >= 4 is 40.4 Å². The summed E-state index contributed by atoms with van der Waals surface area (Å²) in [6.45, 7) is 0. The highest BCUT2D eigenvalue weighted by molar-refractivity contribution is 6.38. The van der Waals surface area contributed by atoms with Crippen LogP contribution in [0.15, 0.2) is 24.4 Å². The Bertz CT molecular complexity index is 511. The van der Waals surface area contributed by atoms with E-state index in [4.69, 9.17) is 23.2 Å². The van der Waals surface area contributed by atoms with Gasteiger partial charge in [0.1, 0.15) is 0 Å². The number of halogens is 2. The van der Waals surface area contributed by atoms with Crippen LogP contribution < -0.4 is 0 Å². The molecule has 2 rings (SSSR count). The number of aromatic nitrogens is 1. The molecule has 0 spiro atoms. The first-order chi connectivity index (χ1) is 6.70. The maximum absolute atomic E-state index is 10.5. The summed E-state index contributed by atoms with van der Waals surface area (Å²) < 4.78 is 0. The van der Waals surface area contributed by atoms with E-state index >= 15 is 0 Å². The summed E-state index contributed by atoms with van der Waals surface area (Å²) in [5.41, 5.74) is 1.16. The molecule has 1 aromatic heterocycles. The van der Waals surface area contributed by atoms with Crippen molar-refractivity contribution in [1.29, 1.82) is 0 Å². The summed E-state index contributed by atoms with van der Waals surface area (Å²) in [4.78, 5) is 14.6. The molecule has 4 heteroatoms. The number of hydrogen-bond acceptors (Lipinski definition) is 2. The van der Waals surface area contributed by atoms with Gasteiger partial charge in [0, 0.05) is 22.2 Å². The van der Waals surface area contributed by atoms with E-state index in [1.54, 1.807) is 18.2 Å². The van der Waals surface area contributed by atoms with Crippen molar-refractivity contribution in [2.24, 2.45) is 0 Å². The molecule has 2 aromatic rings. The van der Waals surface area contributed by atoms with Gasteiger partial charge in [0.05, 0.1) is 10.5 Å². The minimum absolute atomic E-state index is 0.491. The SMILES string of the molecule is O=Cc1cnc2c(Cl)cc(Cl)cc2c1. The third kappa shape index (κ3) is 1.59. The standard InChI is InChI=1S/C10H5Cl2NO/c11-8-2-7-1-6(5-14)4-13-10(7)9(12)3-8/h1-5H. The summed E-state index contributed by atoms with van der Waals surface area (Å²) in [5.74, 6) is 0. The van der Waals surface area contributed by atoms with Gasteiger partial charge in [0.15, 0.2) is 6.29 Å². The number of carbonyl (C=O) groups is 1. The normalized spacial score (nSPS) is 10.4. The monoisotopic (exact) mass is 225 g/mol. The molecule has 0 bridgehead atoms. The van der Waals surface area contributed by atoms with Gasteiger partial charge in [-0.1, -0.05) is 23.2 Å². The second kappa shape index (κ2) is 3.56. The topological polar surface area (TPSA) is 30.0 Å². The van der Waals surface area contributed by atoms with E-state index in [1.165, 1.54) is 6.20 Å². The zero-order valence-electron chi connectivity index (χ0n) is 7.00. The quantitative estimate of drug-likeness (QED) is 0.698. The van der Waals surface area contributed by atoms with Crippen LogP contribution in [0.1, 0.15) is 10.4 Å². The lowest BCUT2D eigenvalue weighted by Gasteiger charge is -2.00. The summed E-state index contributed by atoms with van der Waals surface area (Å²) in [6.07, 6.45) is 2.22. The minimum atomic E-state index is 0.491. The molecule has 0 unspecified atom stereocenters. The maximum atomic E-state index is 10.5. The molecule has 2 nitrogen and oxygen atoms in total. The fourth-order valence-corrected chi connectivity index (χ4v) is 1.81. The molecular formula is C10H5Cl2NO. The van der Waals surface area contributed by atoms with Crippen molar-refractivity contribution in [1.82, 2.24) is 4.98 Å². The lowest BCUT2D eigenvalue weighted by atomic mass is 10.2. The van der Waals surface area contributed by atoms with Gasteiger partial charge in [-0.25, -0.2) is 0 Å². The first-order valence-electron chi connectivity index (χ1n) is 3.90. The van der Waals surface area contributed by atoms with Crippen LogP contribution in [-0.2, 0) is 0 Å². The van der Waals surface area contributed by atoms with Crippen molar-refractivity contribution in [3.63, 3.8) is 0 Å². The van der Waals surface area contributed by atoms with E-state index in [1.807, 2.05) is 0 Å². The second-order valence-corrected chi connectivity index (χ2v) is 3.69. The number of pyridine rings is 1. The van der Waals surface area contributed by atoms with Crippen LogP contribution in [0.5, 0.6) is 0 Å². The lowest BCUT2D eigenvalue weighted by Crippen LogP contribution is -1.85. The molecule has 70 valence electrons. The Hall–Kier alpha value is -1.12. The van der Waals surface area contributed by atoms with Crippen molar-refractivity contribution in [3.8, 4) is 0 Å². The van der Waals surface area contributed by atoms with Crippen molar-refractivity contribution in [2.75, 3.05) is 0 Å². The fraction of sp³-hybridized carbons (Fsp3) is 0. The van der Waals surface area contributed by atoms with E-state index in [9.17, 15) is 4.79 Å². The zero-order chi connectivity index (χ0) is 10.1. The molecule has 0 aliphatic rings.